The van der Waals surface area contributed by atoms with Gasteiger partial charge in [-0.2, -0.15) is 4.31 Å². The highest BCUT2D eigenvalue weighted by atomic mass is 32.2. The summed E-state index contributed by atoms with van der Waals surface area (Å²) in [5, 5.41) is 2.63. The first-order chi connectivity index (χ1) is 12.9. The van der Waals surface area contributed by atoms with Crippen LogP contribution in [-0.2, 0) is 10.0 Å². The number of carbonyl (C=O) groups excluding carboxylic acids is 1. The van der Waals surface area contributed by atoms with Gasteiger partial charge in [-0.15, -0.1) is 0 Å². The number of nitrogens with zero attached hydrogens (tertiary/aromatic N) is 5. The van der Waals surface area contributed by atoms with Crippen molar-refractivity contribution in [3.63, 3.8) is 0 Å². The molecule has 0 aromatic carbocycles. The van der Waals surface area contributed by atoms with Crippen molar-refractivity contribution >= 4 is 33.4 Å². The third-order valence-electron chi connectivity index (χ3n) is 4.23. The highest BCUT2D eigenvalue weighted by molar-refractivity contribution is 7.89. The molecule has 1 aliphatic rings. The van der Waals surface area contributed by atoms with Gasteiger partial charge in [0.15, 0.2) is 11.5 Å². The molecule has 0 bridgehead atoms. The van der Waals surface area contributed by atoms with E-state index in [1.54, 1.807) is 31.3 Å². The van der Waals surface area contributed by atoms with E-state index in [1.165, 1.54) is 10.5 Å². The average Bonchev–Trinajstić information content (AvgIpc) is 2.69. The number of anilines is 3. The smallest absolute Gasteiger partial charge is 0.279 e. The van der Waals surface area contributed by atoms with Gasteiger partial charge in [0.05, 0.1) is 11.9 Å². The second-order valence-electron chi connectivity index (χ2n) is 5.92. The maximum Gasteiger partial charge on any atom is 0.279 e. The van der Waals surface area contributed by atoms with Crippen LogP contribution in [0.3, 0.4) is 0 Å². The highest BCUT2D eigenvalue weighted by Gasteiger charge is 2.27. The minimum atomic E-state index is -3.21. The quantitative estimate of drug-likeness (QED) is 0.754. The molecule has 1 saturated heterocycles. The van der Waals surface area contributed by atoms with Gasteiger partial charge in [0.1, 0.15) is 11.6 Å². The number of carbonyl (C=O) groups is 1. The number of nitrogen functional groups attached to an aromatic ring is 1. The Morgan fingerprint density at radius 2 is 2.00 bits per heavy atom. The van der Waals surface area contributed by atoms with E-state index in [1.807, 2.05) is 4.90 Å². The van der Waals surface area contributed by atoms with Crippen molar-refractivity contribution < 1.29 is 16.1 Å². The van der Waals surface area contributed by atoms with E-state index in [0.717, 1.165) is 0 Å². The molecule has 2 aromatic rings. The summed E-state index contributed by atoms with van der Waals surface area (Å²) in [4.78, 5) is 26.8. The van der Waals surface area contributed by atoms with Gasteiger partial charge in [0, 0.05) is 35.2 Å². The fraction of sp³-hybridized carbons (Fsp3) is 0.375. The van der Waals surface area contributed by atoms with Crippen molar-refractivity contribution in [2.24, 2.45) is 0 Å². The van der Waals surface area contributed by atoms with Crippen LogP contribution in [0.25, 0.3) is 0 Å². The van der Waals surface area contributed by atoms with Crippen LogP contribution in [0.1, 0.15) is 20.3 Å². The lowest BCUT2D eigenvalue weighted by atomic mass is 10.3. The van der Waals surface area contributed by atoms with Gasteiger partial charge < -0.3 is 16.0 Å². The summed E-state index contributed by atoms with van der Waals surface area (Å²) in [7, 11) is -3.21. The number of nitrogens with two attached hydrogens (primary N) is 1. The fourth-order valence-electron chi connectivity index (χ4n) is 2.70. The molecule has 0 spiro atoms. The molecule has 0 saturated carbocycles. The number of hydrogen-bond donors (Lipinski definition) is 2. The van der Waals surface area contributed by atoms with Gasteiger partial charge in [-0.3, -0.25) is 4.79 Å². The molecule has 10 nitrogen and oxygen atoms in total. The molecule has 2 aromatic heterocycles. The van der Waals surface area contributed by atoms with Gasteiger partial charge in [0.2, 0.25) is 10.0 Å². The largest absolute Gasteiger partial charge is 0.382 e. The summed E-state index contributed by atoms with van der Waals surface area (Å²) in [6.45, 7) is 3.26. The van der Waals surface area contributed by atoms with Gasteiger partial charge >= 0.3 is 0 Å². The monoisotopic (exact) mass is 395 g/mol. The molecule has 148 valence electrons. The van der Waals surface area contributed by atoms with Crippen LogP contribution in [-0.4, -0.2) is 65.5 Å². The molecule has 0 atom stereocenters. The number of pyridine rings is 1. The molecule has 3 rings (SSSR count). The normalized spacial score (nSPS) is 15.5. The number of nitrogens with one attached hydrogen (secondary N) is 1. The van der Waals surface area contributed by atoms with E-state index in [0.29, 0.717) is 37.8 Å². The molecule has 1 fully saturated rings. The third kappa shape index (κ3) is 4.31. The van der Waals surface area contributed by atoms with E-state index >= 15 is 0 Å². The Morgan fingerprint density at radius 1 is 1.26 bits per heavy atom. The lowest BCUT2D eigenvalue weighted by Gasteiger charge is -2.34. The van der Waals surface area contributed by atoms with E-state index in [4.69, 9.17) is 5.73 Å². The lowest BCUT2D eigenvalue weighted by molar-refractivity contribution is 0.102. The number of piperazine rings is 1. The number of aromatic nitrogens is 3. The SMILES string of the molecule is CCS(=O)(=O)N1CCN(c2cnc(N)c(C(=O)Nc3ccccn3)n2)CC1.[HH].[HH]. The predicted octanol–water partition coefficient (Wildman–Crippen LogP) is 0.670. The molecule has 0 radical (unpaired) electrons. The molecule has 3 N–H and O–H groups in total. The van der Waals surface area contributed by atoms with Gasteiger partial charge in [-0.1, -0.05) is 6.07 Å². The average molecular weight is 395 g/mol. The topological polar surface area (TPSA) is 134 Å². The minimum Gasteiger partial charge on any atom is -0.382 e. The maximum atomic E-state index is 12.5. The Bertz CT molecular complexity index is 923. The van der Waals surface area contributed by atoms with E-state index in [-0.39, 0.29) is 20.1 Å². The Hall–Kier alpha value is -2.79. The Morgan fingerprint density at radius 3 is 2.63 bits per heavy atom. The van der Waals surface area contributed by atoms with Crippen molar-refractivity contribution in [2.45, 2.75) is 6.92 Å². The van der Waals surface area contributed by atoms with Crippen LogP contribution in [0.2, 0.25) is 0 Å². The van der Waals surface area contributed by atoms with E-state index in [9.17, 15) is 13.2 Å². The first-order valence-electron chi connectivity index (χ1n) is 8.48. The molecule has 1 aliphatic heterocycles. The summed E-state index contributed by atoms with van der Waals surface area (Å²) in [5.74, 6) is 0.440. The molecular formula is C16H25N7O3S. The minimum absolute atomic E-state index is 0. The maximum absolute atomic E-state index is 12.5. The number of amides is 1. The molecule has 3 heterocycles. The van der Waals surface area contributed by atoms with Crippen molar-refractivity contribution in [1.82, 2.24) is 19.3 Å². The number of hydrogen-bond acceptors (Lipinski definition) is 8. The van der Waals surface area contributed by atoms with Crippen molar-refractivity contribution in [3.8, 4) is 0 Å². The molecule has 11 heteroatoms. The fourth-order valence-corrected chi connectivity index (χ4v) is 3.78. The molecule has 0 aliphatic carbocycles. The molecule has 27 heavy (non-hydrogen) atoms. The van der Waals surface area contributed by atoms with Crippen LogP contribution in [0.15, 0.2) is 30.6 Å². The van der Waals surface area contributed by atoms with Crippen LogP contribution in [0.4, 0.5) is 17.5 Å². The second-order valence-corrected chi connectivity index (χ2v) is 8.18. The first kappa shape index (κ1) is 19.0. The van der Waals surface area contributed by atoms with Crippen LogP contribution < -0.4 is 16.0 Å². The predicted molar refractivity (Wildman–Crippen MR) is 106 cm³/mol. The van der Waals surface area contributed by atoms with Gasteiger partial charge in [-0.05, 0) is 19.1 Å². The first-order valence-corrected chi connectivity index (χ1v) is 10.1. The standard InChI is InChI=1S/C16H21N7O3S.2H2/c1-2-27(25,26)23-9-7-22(8-10-23)13-11-19-15(17)14(21-13)16(24)20-12-5-3-4-6-18-12;;/h3-6,11H,2,7-10H2,1H3,(H2,17,19)(H,18,20,24);2*1H. The summed E-state index contributed by atoms with van der Waals surface area (Å²) >= 11 is 0. The van der Waals surface area contributed by atoms with Gasteiger partial charge in [-0.25, -0.2) is 23.4 Å². The van der Waals surface area contributed by atoms with Crippen molar-refractivity contribution in [1.29, 1.82) is 0 Å². The Kier molecular flexibility index (Phi) is 5.51. The van der Waals surface area contributed by atoms with Crippen LogP contribution in [0.5, 0.6) is 0 Å². The summed E-state index contributed by atoms with van der Waals surface area (Å²) in [6.07, 6.45) is 3.04. The zero-order valence-corrected chi connectivity index (χ0v) is 15.7. The third-order valence-corrected chi connectivity index (χ3v) is 6.11. The Balaban J connectivity index is 0.00000210. The van der Waals surface area contributed by atoms with Crippen molar-refractivity contribution in [2.75, 3.05) is 47.9 Å². The highest BCUT2D eigenvalue weighted by Crippen LogP contribution is 2.18. The second kappa shape index (κ2) is 7.84. The van der Waals surface area contributed by atoms with Crippen LogP contribution >= 0.6 is 0 Å². The van der Waals surface area contributed by atoms with Gasteiger partial charge in [0.25, 0.3) is 5.91 Å². The Labute approximate surface area is 160 Å². The lowest BCUT2D eigenvalue weighted by Crippen LogP contribution is -2.49. The molecule has 0 unspecified atom stereocenters. The van der Waals surface area contributed by atoms with E-state index in [2.05, 4.69) is 20.3 Å². The van der Waals surface area contributed by atoms with Crippen LogP contribution in [0, 0.1) is 0 Å². The van der Waals surface area contributed by atoms with Crippen molar-refractivity contribution in [3.05, 3.63) is 36.3 Å². The van der Waals surface area contributed by atoms with E-state index < -0.39 is 15.9 Å². The zero-order valence-electron chi connectivity index (χ0n) is 14.9. The molecular weight excluding hydrogens is 370 g/mol. The summed E-state index contributed by atoms with van der Waals surface area (Å²) in [5.41, 5.74) is 5.81. The summed E-state index contributed by atoms with van der Waals surface area (Å²) in [6, 6.07) is 5.14. The number of sulfonamides is 1. The molecule has 1 amide bonds. The zero-order chi connectivity index (χ0) is 19.4. The summed E-state index contributed by atoms with van der Waals surface area (Å²) < 4.78 is 25.4. The number of rotatable bonds is 5.